The number of unbranched alkanes of at least 4 members (excludes halogenated alkanes) is 1. The van der Waals surface area contributed by atoms with E-state index >= 15 is 0 Å². The molecular formula is C39H41N5O8S. The predicted molar refractivity (Wildman–Crippen MR) is 201 cm³/mol. The standard InChI is InChI=1S/C39H41N5O8S/c1-4-6-12-22-53(48,49)44-37(45)29-16-13-17-30(24-29)40-38(46)35(43-39(47)51-31-18-10-11-19-31)28-20-21-32(26(5-2)23-28)52-34-25-33(50-3)41-36(42-34)27-14-8-7-9-15-27/h4-5,7-9,13-17,20-21,23-25,31,35H,1-2,6,10-12,18-19,22H2,3H3,(H,40,46)(H,43,47)(H,44,45). The van der Waals surface area contributed by atoms with Crippen molar-refractivity contribution < 1.29 is 37.0 Å². The second-order valence-electron chi connectivity index (χ2n) is 12.2. The average Bonchev–Trinajstić information content (AvgIpc) is 3.67. The summed E-state index contributed by atoms with van der Waals surface area (Å²) in [4.78, 5) is 48.8. The molecule has 4 aromatic rings. The molecule has 0 aliphatic heterocycles. The number of nitrogens with one attached hydrogen (secondary N) is 3. The third kappa shape index (κ3) is 10.7. The van der Waals surface area contributed by atoms with E-state index in [9.17, 15) is 22.8 Å². The molecule has 1 heterocycles. The van der Waals surface area contributed by atoms with Crippen LogP contribution in [0.25, 0.3) is 17.5 Å². The van der Waals surface area contributed by atoms with Crippen LogP contribution in [0.3, 0.4) is 0 Å². The van der Waals surface area contributed by atoms with Gasteiger partial charge in [-0.25, -0.2) is 17.9 Å². The van der Waals surface area contributed by atoms with Crippen molar-refractivity contribution in [1.29, 1.82) is 0 Å². The summed E-state index contributed by atoms with van der Waals surface area (Å²) in [5, 5.41) is 5.41. The number of anilines is 1. The molecule has 3 aromatic carbocycles. The molecule has 0 saturated heterocycles. The maximum atomic E-state index is 13.9. The van der Waals surface area contributed by atoms with Crippen LogP contribution in [0.2, 0.25) is 0 Å². The Morgan fingerprint density at radius 3 is 2.42 bits per heavy atom. The number of carbonyl (C=O) groups excluding carboxylic acids is 3. The number of carbonyl (C=O) groups is 3. The molecule has 14 heteroatoms. The number of benzene rings is 3. The number of alkyl carbamates (subject to hydrolysis) is 1. The zero-order chi connectivity index (χ0) is 37.8. The summed E-state index contributed by atoms with van der Waals surface area (Å²) in [7, 11) is -2.40. The summed E-state index contributed by atoms with van der Waals surface area (Å²) in [5.41, 5.74) is 1.82. The molecule has 1 aliphatic rings. The highest BCUT2D eigenvalue weighted by Crippen LogP contribution is 2.32. The lowest BCUT2D eigenvalue weighted by Gasteiger charge is -2.21. The fourth-order valence-electron chi connectivity index (χ4n) is 5.62. The normalized spacial score (nSPS) is 13.3. The van der Waals surface area contributed by atoms with Crippen molar-refractivity contribution in [1.82, 2.24) is 20.0 Å². The van der Waals surface area contributed by atoms with Gasteiger partial charge in [-0.05, 0) is 74.4 Å². The first kappa shape index (κ1) is 38.2. The minimum Gasteiger partial charge on any atom is -0.481 e. The van der Waals surface area contributed by atoms with E-state index < -0.39 is 34.0 Å². The van der Waals surface area contributed by atoms with Gasteiger partial charge in [0.25, 0.3) is 11.8 Å². The van der Waals surface area contributed by atoms with Gasteiger partial charge in [-0.3, -0.25) is 9.59 Å². The summed E-state index contributed by atoms with van der Waals surface area (Å²) >= 11 is 0. The fourth-order valence-corrected chi connectivity index (χ4v) is 6.67. The smallest absolute Gasteiger partial charge is 0.408 e. The van der Waals surface area contributed by atoms with Crippen LogP contribution < -0.4 is 24.8 Å². The molecule has 5 rings (SSSR count). The summed E-state index contributed by atoms with van der Waals surface area (Å²) in [6, 6.07) is 20.3. The molecule has 3 N–H and O–H groups in total. The first-order valence-corrected chi connectivity index (χ1v) is 18.7. The van der Waals surface area contributed by atoms with Crippen molar-refractivity contribution in [3.05, 3.63) is 115 Å². The van der Waals surface area contributed by atoms with Gasteiger partial charge in [0, 0.05) is 22.4 Å². The van der Waals surface area contributed by atoms with Gasteiger partial charge >= 0.3 is 6.09 Å². The molecule has 0 bridgehead atoms. The quantitative estimate of drug-likeness (QED) is 0.0805. The van der Waals surface area contributed by atoms with Crippen LogP contribution in [0, 0.1) is 0 Å². The summed E-state index contributed by atoms with van der Waals surface area (Å²) in [6.45, 7) is 7.48. The van der Waals surface area contributed by atoms with Crippen LogP contribution in [-0.2, 0) is 19.6 Å². The fraction of sp³-hybridized carbons (Fsp3) is 0.256. The zero-order valence-corrected chi connectivity index (χ0v) is 30.1. The second-order valence-corrected chi connectivity index (χ2v) is 14.0. The number of ether oxygens (including phenoxy) is 3. The van der Waals surface area contributed by atoms with Crippen LogP contribution in [0.15, 0.2) is 98.1 Å². The highest BCUT2D eigenvalue weighted by atomic mass is 32.2. The first-order chi connectivity index (χ1) is 25.6. The van der Waals surface area contributed by atoms with Crippen molar-refractivity contribution in [2.45, 2.75) is 50.7 Å². The van der Waals surface area contributed by atoms with Crippen LogP contribution in [0.5, 0.6) is 17.5 Å². The van der Waals surface area contributed by atoms with Crippen molar-refractivity contribution in [2.24, 2.45) is 0 Å². The molecule has 53 heavy (non-hydrogen) atoms. The molecule has 1 aromatic heterocycles. The Hall–Kier alpha value is -6.02. The Morgan fingerprint density at radius 2 is 1.70 bits per heavy atom. The number of nitrogens with zero attached hydrogens (tertiary/aromatic N) is 2. The van der Waals surface area contributed by atoms with E-state index in [0.29, 0.717) is 41.4 Å². The number of hydrogen-bond acceptors (Lipinski definition) is 10. The molecule has 0 radical (unpaired) electrons. The van der Waals surface area contributed by atoms with Crippen molar-refractivity contribution >= 4 is 39.7 Å². The summed E-state index contributed by atoms with van der Waals surface area (Å²) in [5.74, 6) is -0.506. The Bertz CT molecular complexity index is 2070. The number of rotatable bonds is 16. The second kappa shape index (κ2) is 18.0. The van der Waals surface area contributed by atoms with Crippen LogP contribution in [0.4, 0.5) is 10.5 Å². The van der Waals surface area contributed by atoms with Crippen LogP contribution in [0.1, 0.15) is 66.1 Å². The van der Waals surface area contributed by atoms with E-state index in [1.165, 1.54) is 43.5 Å². The third-order valence-electron chi connectivity index (χ3n) is 8.28. The maximum Gasteiger partial charge on any atom is 0.408 e. The van der Waals surface area contributed by atoms with Gasteiger partial charge in [-0.2, -0.15) is 9.97 Å². The topological polar surface area (TPSA) is 175 Å². The monoisotopic (exact) mass is 739 g/mol. The first-order valence-electron chi connectivity index (χ1n) is 17.0. The van der Waals surface area contributed by atoms with Crippen LogP contribution >= 0.6 is 0 Å². The molecule has 0 spiro atoms. The Kier molecular flexibility index (Phi) is 12.9. The number of methoxy groups -OCH3 is 1. The lowest BCUT2D eigenvalue weighted by Crippen LogP contribution is -2.38. The molecule has 3 amide bonds. The molecule has 1 atom stereocenters. The Labute approximate surface area is 308 Å². The van der Waals surface area contributed by atoms with E-state index in [0.717, 1.165) is 31.2 Å². The lowest BCUT2D eigenvalue weighted by atomic mass is 10.0. The Morgan fingerprint density at radius 1 is 0.943 bits per heavy atom. The highest BCUT2D eigenvalue weighted by molar-refractivity contribution is 7.90. The molecule has 276 valence electrons. The van der Waals surface area contributed by atoms with E-state index in [2.05, 4.69) is 38.5 Å². The van der Waals surface area contributed by atoms with E-state index in [1.54, 1.807) is 24.3 Å². The molecule has 1 saturated carbocycles. The number of hydrogen-bond donors (Lipinski definition) is 3. The summed E-state index contributed by atoms with van der Waals surface area (Å²) in [6.07, 6.45) is 6.25. The molecule has 1 aliphatic carbocycles. The molecular weight excluding hydrogens is 699 g/mol. The van der Waals surface area contributed by atoms with Gasteiger partial charge in [0.2, 0.25) is 21.8 Å². The van der Waals surface area contributed by atoms with Gasteiger partial charge < -0.3 is 24.8 Å². The largest absolute Gasteiger partial charge is 0.481 e. The zero-order valence-electron chi connectivity index (χ0n) is 29.2. The maximum absolute atomic E-state index is 13.9. The Balaban J connectivity index is 1.39. The molecule has 1 unspecified atom stereocenters. The number of sulfonamides is 1. The van der Waals surface area contributed by atoms with E-state index in [1.807, 2.05) is 30.3 Å². The summed E-state index contributed by atoms with van der Waals surface area (Å²) < 4.78 is 44.0. The number of amides is 3. The van der Waals surface area contributed by atoms with Gasteiger partial charge in [0.15, 0.2) is 5.82 Å². The molecule has 13 nitrogen and oxygen atoms in total. The minimum absolute atomic E-state index is 0.00691. The number of aromatic nitrogens is 2. The van der Waals surface area contributed by atoms with Crippen LogP contribution in [-0.4, -0.2) is 55.3 Å². The van der Waals surface area contributed by atoms with Crippen molar-refractivity contribution in [3.63, 3.8) is 0 Å². The van der Waals surface area contributed by atoms with Crippen molar-refractivity contribution in [3.8, 4) is 28.9 Å². The number of allylic oxidation sites excluding steroid dienone is 1. The predicted octanol–water partition coefficient (Wildman–Crippen LogP) is 6.96. The van der Waals surface area contributed by atoms with Gasteiger partial charge in [-0.1, -0.05) is 61.2 Å². The van der Waals surface area contributed by atoms with E-state index in [4.69, 9.17) is 14.2 Å². The van der Waals surface area contributed by atoms with Gasteiger partial charge in [-0.15, -0.1) is 6.58 Å². The third-order valence-corrected chi connectivity index (χ3v) is 9.61. The van der Waals surface area contributed by atoms with Gasteiger partial charge in [0.05, 0.1) is 18.9 Å². The SMILES string of the molecule is C=CCCCS(=O)(=O)NC(=O)c1cccc(NC(=O)C(NC(=O)OC2CCCC2)c2ccc(Oc3cc(OC)nc(-c4ccccc4)n3)c(C=C)c2)c1. The van der Waals surface area contributed by atoms with E-state index in [-0.39, 0.29) is 29.0 Å². The lowest BCUT2D eigenvalue weighted by molar-refractivity contribution is -0.118. The average molecular weight is 740 g/mol. The van der Waals surface area contributed by atoms with Crippen molar-refractivity contribution in [2.75, 3.05) is 18.2 Å². The minimum atomic E-state index is -3.89. The van der Waals surface area contributed by atoms with Gasteiger partial charge in [0.1, 0.15) is 17.9 Å². The highest BCUT2D eigenvalue weighted by Gasteiger charge is 2.28. The molecule has 1 fully saturated rings.